The van der Waals surface area contributed by atoms with E-state index in [0.29, 0.717) is 18.5 Å². The fraction of sp³-hybridized carbons (Fsp3) is 0.385. The highest BCUT2D eigenvalue weighted by Gasteiger charge is 2.15. The van der Waals surface area contributed by atoms with Crippen molar-refractivity contribution in [2.24, 2.45) is 0 Å². The first-order valence-electron chi connectivity index (χ1n) is 5.61. The number of nitrogens with zero attached hydrogens (tertiary/aromatic N) is 2. The third-order valence-electron chi connectivity index (χ3n) is 2.31. The zero-order chi connectivity index (χ0) is 13.4. The molecule has 0 atom stereocenters. The molecule has 0 saturated heterocycles. The van der Waals surface area contributed by atoms with Crippen LogP contribution in [0.2, 0.25) is 0 Å². The van der Waals surface area contributed by atoms with Crippen LogP contribution in [0.1, 0.15) is 22.5 Å². The van der Waals surface area contributed by atoms with Crippen molar-refractivity contribution in [1.82, 2.24) is 9.88 Å². The molecule has 1 heterocycles. The summed E-state index contributed by atoms with van der Waals surface area (Å²) in [6, 6.07) is 3.37. The van der Waals surface area contributed by atoms with Gasteiger partial charge in [-0.15, -0.1) is 0 Å². The zero-order valence-electron chi connectivity index (χ0n) is 10.3. The molecular formula is C13H16N2O3. The maximum absolute atomic E-state index is 12.1. The van der Waals surface area contributed by atoms with E-state index in [1.54, 1.807) is 19.2 Å². The van der Waals surface area contributed by atoms with Gasteiger partial charge in [-0.25, -0.2) is 4.98 Å². The Hall–Kier alpha value is -1.90. The largest absolute Gasteiger partial charge is 0.396 e. The van der Waals surface area contributed by atoms with Crippen LogP contribution in [0, 0.1) is 11.8 Å². The molecule has 0 aliphatic heterocycles. The number of carbonyl (C=O) groups is 1. The van der Waals surface area contributed by atoms with Gasteiger partial charge < -0.3 is 15.1 Å². The van der Waals surface area contributed by atoms with Gasteiger partial charge in [0.2, 0.25) is 0 Å². The first-order valence-corrected chi connectivity index (χ1v) is 5.61. The van der Waals surface area contributed by atoms with E-state index in [4.69, 9.17) is 10.2 Å². The lowest BCUT2D eigenvalue weighted by atomic mass is 10.1. The van der Waals surface area contributed by atoms with Crippen LogP contribution in [-0.4, -0.2) is 52.8 Å². The summed E-state index contributed by atoms with van der Waals surface area (Å²) in [7, 11) is 1.65. The zero-order valence-corrected chi connectivity index (χ0v) is 10.3. The number of hydrogen-bond donors (Lipinski definition) is 2. The molecule has 0 radical (unpaired) electrons. The molecule has 1 aromatic heterocycles. The molecule has 96 valence electrons. The molecule has 18 heavy (non-hydrogen) atoms. The first kappa shape index (κ1) is 14.2. The fourth-order valence-electron chi connectivity index (χ4n) is 1.40. The average molecular weight is 248 g/mol. The predicted octanol–water partition coefficient (Wildman–Crippen LogP) is -0.120. The topological polar surface area (TPSA) is 73.7 Å². The normalized spacial score (nSPS) is 9.50. The lowest BCUT2D eigenvalue weighted by Gasteiger charge is -2.16. The molecule has 5 nitrogen and oxygen atoms in total. The van der Waals surface area contributed by atoms with Crippen LogP contribution in [-0.2, 0) is 0 Å². The highest BCUT2D eigenvalue weighted by atomic mass is 16.3. The number of pyridine rings is 1. The van der Waals surface area contributed by atoms with Crippen molar-refractivity contribution in [3.8, 4) is 11.8 Å². The molecular weight excluding hydrogens is 232 g/mol. The van der Waals surface area contributed by atoms with Crippen LogP contribution in [0.4, 0.5) is 0 Å². The highest BCUT2D eigenvalue weighted by Crippen LogP contribution is 2.07. The smallest absolute Gasteiger partial charge is 0.273 e. The van der Waals surface area contributed by atoms with E-state index in [-0.39, 0.29) is 24.8 Å². The van der Waals surface area contributed by atoms with Crippen molar-refractivity contribution in [2.45, 2.75) is 6.42 Å². The average Bonchev–Trinajstić information content (AvgIpc) is 2.42. The summed E-state index contributed by atoms with van der Waals surface area (Å²) in [6.07, 6.45) is 2.05. The summed E-state index contributed by atoms with van der Waals surface area (Å²) in [5.74, 6) is 4.95. The van der Waals surface area contributed by atoms with Gasteiger partial charge in [0.25, 0.3) is 5.91 Å². The van der Waals surface area contributed by atoms with Crippen LogP contribution in [0.5, 0.6) is 0 Å². The lowest BCUT2D eigenvalue weighted by Crippen LogP contribution is -2.29. The van der Waals surface area contributed by atoms with E-state index in [1.165, 1.54) is 11.1 Å². The molecule has 1 amide bonds. The molecule has 0 spiro atoms. The minimum atomic E-state index is -0.261. The second-order valence-electron chi connectivity index (χ2n) is 3.66. The van der Waals surface area contributed by atoms with Crippen molar-refractivity contribution in [2.75, 3.05) is 26.8 Å². The van der Waals surface area contributed by atoms with Crippen molar-refractivity contribution >= 4 is 5.91 Å². The lowest BCUT2D eigenvalue weighted by molar-refractivity contribution is 0.0780. The van der Waals surface area contributed by atoms with Gasteiger partial charge in [0.1, 0.15) is 12.3 Å². The Morgan fingerprint density at radius 1 is 1.50 bits per heavy atom. The maximum atomic E-state index is 12.1. The van der Waals surface area contributed by atoms with Crippen LogP contribution in [0.3, 0.4) is 0 Å². The second-order valence-corrected chi connectivity index (χ2v) is 3.66. The minimum Gasteiger partial charge on any atom is -0.396 e. The number of carbonyl (C=O) groups excluding carboxylic acids is 1. The minimum absolute atomic E-state index is 0.0387. The summed E-state index contributed by atoms with van der Waals surface area (Å²) in [4.78, 5) is 17.6. The van der Waals surface area contributed by atoms with E-state index in [1.807, 2.05) is 0 Å². The van der Waals surface area contributed by atoms with Crippen molar-refractivity contribution in [3.05, 3.63) is 29.6 Å². The van der Waals surface area contributed by atoms with Crippen molar-refractivity contribution in [1.29, 1.82) is 0 Å². The van der Waals surface area contributed by atoms with E-state index < -0.39 is 0 Å². The quantitative estimate of drug-likeness (QED) is 0.729. The van der Waals surface area contributed by atoms with Gasteiger partial charge in [-0.3, -0.25) is 4.79 Å². The van der Waals surface area contributed by atoms with Crippen LogP contribution in [0.25, 0.3) is 0 Å². The number of aliphatic hydroxyl groups is 2. The Morgan fingerprint density at radius 3 is 2.94 bits per heavy atom. The number of amides is 1. The van der Waals surface area contributed by atoms with Crippen LogP contribution in [0.15, 0.2) is 18.3 Å². The molecule has 2 N–H and O–H groups in total. The summed E-state index contributed by atoms with van der Waals surface area (Å²) >= 11 is 0. The molecule has 0 fully saturated rings. The van der Waals surface area contributed by atoms with Gasteiger partial charge in [0, 0.05) is 26.4 Å². The van der Waals surface area contributed by atoms with Gasteiger partial charge in [-0.05, 0) is 18.6 Å². The van der Waals surface area contributed by atoms with E-state index >= 15 is 0 Å². The number of aliphatic hydroxyl groups excluding tert-OH is 2. The Bertz CT molecular complexity index is 463. The van der Waals surface area contributed by atoms with Gasteiger partial charge in [0.15, 0.2) is 0 Å². The monoisotopic (exact) mass is 248 g/mol. The van der Waals surface area contributed by atoms with E-state index in [0.717, 1.165) is 0 Å². The van der Waals surface area contributed by atoms with Gasteiger partial charge >= 0.3 is 0 Å². The Labute approximate surface area is 106 Å². The van der Waals surface area contributed by atoms with Gasteiger partial charge in [-0.2, -0.15) is 0 Å². The maximum Gasteiger partial charge on any atom is 0.273 e. The van der Waals surface area contributed by atoms with Crippen LogP contribution >= 0.6 is 0 Å². The summed E-state index contributed by atoms with van der Waals surface area (Å²) in [5, 5.41) is 17.4. The summed E-state index contributed by atoms with van der Waals surface area (Å²) in [5.41, 5.74) is 0.756. The van der Waals surface area contributed by atoms with Crippen molar-refractivity contribution < 1.29 is 15.0 Å². The first-order chi connectivity index (χ1) is 8.70. The third-order valence-corrected chi connectivity index (χ3v) is 2.31. The van der Waals surface area contributed by atoms with E-state index in [9.17, 15) is 4.79 Å². The Kier molecular flexibility index (Phi) is 5.85. The van der Waals surface area contributed by atoms with Crippen LogP contribution < -0.4 is 0 Å². The number of rotatable bonds is 4. The summed E-state index contributed by atoms with van der Waals surface area (Å²) < 4.78 is 0. The van der Waals surface area contributed by atoms with Crippen molar-refractivity contribution in [3.63, 3.8) is 0 Å². The second kappa shape index (κ2) is 7.43. The molecule has 5 heteroatoms. The van der Waals surface area contributed by atoms with E-state index in [2.05, 4.69) is 16.8 Å². The SMILES string of the molecule is CN(CCCO)C(=O)c1ncccc1C#CCO. The predicted molar refractivity (Wildman–Crippen MR) is 66.9 cm³/mol. The Balaban J connectivity index is 2.91. The molecule has 0 aromatic carbocycles. The molecule has 0 aliphatic carbocycles. The molecule has 1 rings (SSSR count). The summed E-state index contributed by atoms with van der Waals surface area (Å²) in [6.45, 7) is 0.235. The molecule has 0 saturated carbocycles. The number of hydrogen-bond acceptors (Lipinski definition) is 4. The fourth-order valence-corrected chi connectivity index (χ4v) is 1.40. The number of aromatic nitrogens is 1. The van der Waals surface area contributed by atoms with Gasteiger partial charge in [0.05, 0.1) is 5.56 Å². The molecule has 0 unspecified atom stereocenters. The Morgan fingerprint density at radius 2 is 2.28 bits per heavy atom. The highest BCUT2D eigenvalue weighted by molar-refractivity contribution is 5.94. The molecule has 1 aromatic rings. The molecule has 0 aliphatic rings. The standard InChI is InChI=1S/C13H16N2O3/c1-15(8-4-10-17)13(18)12-11(6-3-9-16)5-2-7-14-12/h2,5,7,16-17H,4,8-10H2,1H3. The molecule has 0 bridgehead atoms. The third kappa shape index (κ3) is 3.84. The van der Waals surface area contributed by atoms with Gasteiger partial charge in [-0.1, -0.05) is 11.8 Å².